The maximum absolute atomic E-state index is 9.20. The van der Waals surface area contributed by atoms with Gasteiger partial charge in [0, 0.05) is 5.02 Å². The summed E-state index contributed by atoms with van der Waals surface area (Å²) in [5, 5.41) is 9.99. The van der Waals surface area contributed by atoms with Crippen molar-refractivity contribution in [2.45, 2.75) is 13.3 Å². The van der Waals surface area contributed by atoms with Gasteiger partial charge in [0.05, 0.1) is 0 Å². The second kappa shape index (κ2) is 4.58. The molecule has 0 atom stereocenters. The molecular formula is C14H13ClO. The van der Waals surface area contributed by atoms with E-state index in [9.17, 15) is 5.11 Å². The summed E-state index contributed by atoms with van der Waals surface area (Å²) in [5.41, 5.74) is 3.47. The lowest BCUT2D eigenvalue weighted by atomic mass is 10.0. The van der Waals surface area contributed by atoms with Crippen LogP contribution in [0.1, 0.15) is 16.7 Å². The van der Waals surface area contributed by atoms with Crippen LogP contribution in [-0.4, -0.2) is 5.11 Å². The van der Waals surface area contributed by atoms with E-state index in [-0.39, 0.29) is 0 Å². The maximum atomic E-state index is 9.20. The zero-order valence-corrected chi connectivity index (χ0v) is 9.83. The SMILES string of the molecule is Cc1ccc(Cl)c(Cc2ccc(O)cc2)c1. The molecule has 1 N–H and O–H groups in total. The first-order valence-electron chi connectivity index (χ1n) is 5.18. The number of hydrogen-bond acceptors (Lipinski definition) is 1. The fraction of sp³-hybridized carbons (Fsp3) is 0.143. The van der Waals surface area contributed by atoms with Crippen molar-refractivity contribution in [1.29, 1.82) is 0 Å². The van der Waals surface area contributed by atoms with Crippen molar-refractivity contribution >= 4 is 11.6 Å². The van der Waals surface area contributed by atoms with Crippen LogP contribution in [-0.2, 0) is 6.42 Å². The molecule has 0 spiro atoms. The van der Waals surface area contributed by atoms with Crippen molar-refractivity contribution in [2.24, 2.45) is 0 Å². The van der Waals surface area contributed by atoms with Crippen LogP contribution in [0.15, 0.2) is 42.5 Å². The standard InChI is InChI=1S/C14H13ClO/c1-10-2-7-14(15)12(8-10)9-11-3-5-13(16)6-4-11/h2-8,16H,9H2,1H3. The molecule has 0 saturated carbocycles. The van der Waals surface area contributed by atoms with Crippen molar-refractivity contribution in [1.82, 2.24) is 0 Å². The van der Waals surface area contributed by atoms with Crippen LogP contribution in [0.4, 0.5) is 0 Å². The van der Waals surface area contributed by atoms with Crippen LogP contribution in [0.2, 0.25) is 5.02 Å². The number of rotatable bonds is 2. The molecule has 2 rings (SSSR count). The van der Waals surface area contributed by atoms with Crippen LogP contribution in [0.5, 0.6) is 5.75 Å². The Labute approximate surface area is 100 Å². The van der Waals surface area contributed by atoms with E-state index in [1.807, 2.05) is 24.3 Å². The second-order valence-corrected chi connectivity index (χ2v) is 4.35. The van der Waals surface area contributed by atoms with Crippen molar-refractivity contribution in [3.05, 3.63) is 64.2 Å². The Bertz CT molecular complexity index is 489. The van der Waals surface area contributed by atoms with Gasteiger partial charge < -0.3 is 5.11 Å². The predicted octanol–water partition coefficient (Wildman–Crippen LogP) is 3.94. The minimum Gasteiger partial charge on any atom is -0.508 e. The molecule has 1 nitrogen and oxygen atoms in total. The summed E-state index contributed by atoms with van der Waals surface area (Å²) < 4.78 is 0. The van der Waals surface area contributed by atoms with E-state index in [2.05, 4.69) is 13.0 Å². The maximum Gasteiger partial charge on any atom is 0.115 e. The van der Waals surface area contributed by atoms with Gasteiger partial charge in [-0.1, -0.05) is 41.4 Å². The van der Waals surface area contributed by atoms with E-state index in [0.717, 1.165) is 22.6 Å². The van der Waals surface area contributed by atoms with E-state index in [4.69, 9.17) is 11.6 Å². The molecule has 16 heavy (non-hydrogen) atoms. The third-order valence-corrected chi connectivity index (χ3v) is 2.90. The highest BCUT2D eigenvalue weighted by Gasteiger charge is 2.02. The number of aromatic hydroxyl groups is 1. The van der Waals surface area contributed by atoms with Crippen LogP contribution in [0.25, 0.3) is 0 Å². The van der Waals surface area contributed by atoms with Gasteiger partial charge in [0.2, 0.25) is 0 Å². The van der Waals surface area contributed by atoms with Crippen molar-refractivity contribution in [3.8, 4) is 5.75 Å². The van der Waals surface area contributed by atoms with E-state index in [0.29, 0.717) is 5.75 Å². The molecule has 0 amide bonds. The number of benzene rings is 2. The molecule has 0 fully saturated rings. The van der Waals surface area contributed by atoms with Crippen LogP contribution in [0, 0.1) is 6.92 Å². The highest BCUT2D eigenvalue weighted by molar-refractivity contribution is 6.31. The summed E-state index contributed by atoms with van der Waals surface area (Å²) in [6, 6.07) is 13.2. The molecule has 2 heteroatoms. The number of halogens is 1. The summed E-state index contributed by atoms with van der Waals surface area (Å²) in [4.78, 5) is 0. The normalized spacial score (nSPS) is 10.4. The fourth-order valence-electron chi connectivity index (χ4n) is 1.67. The van der Waals surface area contributed by atoms with E-state index >= 15 is 0 Å². The first kappa shape index (κ1) is 11.0. The molecule has 2 aromatic carbocycles. The summed E-state index contributed by atoms with van der Waals surface area (Å²) in [7, 11) is 0. The molecule has 82 valence electrons. The molecule has 0 aromatic heterocycles. The average Bonchev–Trinajstić information content (AvgIpc) is 2.27. The van der Waals surface area contributed by atoms with Crippen molar-refractivity contribution < 1.29 is 5.11 Å². The fourth-order valence-corrected chi connectivity index (χ4v) is 1.86. The van der Waals surface area contributed by atoms with E-state index in [1.54, 1.807) is 12.1 Å². The molecular weight excluding hydrogens is 220 g/mol. The monoisotopic (exact) mass is 232 g/mol. The third kappa shape index (κ3) is 2.56. The Morgan fingerprint density at radius 2 is 1.75 bits per heavy atom. The van der Waals surface area contributed by atoms with Gasteiger partial charge in [0.25, 0.3) is 0 Å². The third-order valence-electron chi connectivity index (χ3n) is 2.53. The molecule has 0 aliphatic rings. The van der Waals surface area contributed by atoms with Crippen molar-refractivity contribution in [2.75, 3.05) is 0 Å². The smallest absolute Gasteiger partial charge is 0.115 e. The van der Waals surface area contributed by atoms with Gasteiger partial charge in [-0.15, -0.1) is 0 Å². The number of phenolic OH excluding ortho intramolecular Hbond substituents is 1. The molecule has 0 radical (unpaired) electrons. The molecule has 0 aliphatic carbocycles. The van der Waals surface area contributed by atoms with Gasteiger partial charge in [-0.3, -0.25) is 0 Å². The first-order valence-corrected chi connectivity index (χ1v) is 5.56. The van der Waals surface area contributed by atoms with Gasteiger partial charge in [-0.2, -0.15) is 0 Å². The van der Waals surface area contributed by atoms with Crippen LogP contribution < -0.4 is 0 Å². The minimum absolute atomic E-state index is 0.291. The van der Waals surface area contributed by atoms with Gasteiger partial charge >= 0.3 is 0 Å². The summed E-state index contributed by atoms with van der Waals surface area (Å²) in [6.07, 6.45) is 0.792. The van der Waals surface area contributed by atoms with Crippen molar-refractivity contribution in [3.63, 3.8) is 0 Å². The zero-order valence-electron chi connectivity index (χ0n) is 9.07. The summed E-state index contributed by atoms with van der Waals surface area (Å²) in [6.45, 7) is 2.05. The van der Waals surface area contributed by atoms with Crippen LogP contribution >= 0.6 is 11.6 Å². The predicted molar refractivity (Wildman–Crippen MR) is 67.1 cm³/mol. The number of phenols is 1. The molecule has 0 aliphatic heterocycles. The molecule has 2 aromatic rings. The first-order chi connectivity index (χ1) is 7.65. The van der Waals surface area contributed by atoms with Gasteiger partial charge in [-0.05, 0) is 42.7 Å². The highest BCUT2D eigenvalue weighted by Crippen LogP contribution is 2.21. The van der Waals surface area contributed by atoms with E-state index < -0.39 is 0 Å². The molecule has 0 saturated heterocycles. The van der Waals surface area contributed by atoms with Gasteiger partial charge in [0.1, 0.15) is 5.75 Å². The lowest BCUT2D eigenvalue weighted by molar-refractivity contribution is 0.475. The summed E-state index contributed by atoms with van der Waals surface area (Å²) >= 11 is 6.13. The largest absolute Gasteiger partial charge is 0.508 e. The lowest BCUT2D eigenvalue weighted by Crippen LogP contribution is -1.90. The quantitative estimate of drug-likeness (QED) is 0.832. The Morgan fingerprint density at radius 1 is 1.06 bits per heavy atom. The minimum atomic E-state index is 0.291. The molecule has 0 heterocycles. The van der Waals surface area contributed by atoms with E-state index in [1.165, 1.54) is 5.56 Å². The van der Waals surface area contributed by atoms with Gasteiger partial charge in [0.15, 0.2) is 0 Å². The van der Waals surface area contributed by atoms with Gasteiger partial charge in [-0.25, -0.2) is 0 Å². The Hall–Kier alpha value is -1.47. The Kier molecular flexibility index (Phi) is 3.16. The highest BCUT2D eigenvalue weighted by atomic mass is 35.5. The van der Waals surface area contributed by atoms with Crippen LogP contribution in [0.3, 0.4) is 0 Å². The molecule has 0 unspecified atom stereocenters. The number of aryl methyl sites for hydroxylation is 1. The summed E-state index contributed by atoms with van der Waals surface area (Å²) in [5.74, 6) is 0.291. The zero-order chi connectivity index (χ0) is 11.5. The average molecular weight is 233 g/mol. The second-order valence-electron chi connectivity index (χ2n) is 3.94. The topological polar surface area (TPSA) is 20.2 Å². The Balaban J connectivity index is 2.26. The lowest BCUT2D eigenvalue weighted by Gasteiger charge is -2.06. The Morgan fingerprint density at radius 3 is 2.44 bits per heavy atom. The molecule has 0 bridgehead atoms. The number of hydrogen-bond donors (Lipinski definition) is 1.